The molecule has 0 radical (unpaired) electrons. The maximum absolute atomic E-state index is 4.84. The van der Waals surface area contributed by atoms with E-state index in [1.807, 2.05) is 6.20 Å². The maximum Gasteiger partial charge on any atom is 0.224 e. The quantitative estimate of drug-likeness (QED) is 0.854. The average molecular weight is 361 g/mol. The van der Waals surface area contributed by atoms with Crippen molar-refractivity contribution >= 4 is 29.3 Å². The first-order chi connectivity index (χ1) is 13.1. The Hall–Kier alpha value is -2.69. The predicted octanol–water partition coefficient (Wildman–Crippen LogP) is 4.47. The summed E-state index contributed by atoms with van der Waals surface area (Å²) in [6, 6.07) is 6.98. The van der Waals surface area contributed by atoms with Crippen LogP contribution < -0.4 is 10.2 Å². The molecule has 1 aromatic heterocycles. The van der Waals surface area contributed by atoms with Crippen LogP contribution in [0.15, 0.2) is 29.4 Å². The summed E-state index contributed by atoms with van der Waals surface area (Å²) in [5, 5.41) is 3.46. The molecule has 4 rings (SSSR count). The highest BCUT2D eigenvalue weighted by Crippen LogP contribution is 2.36. The number of nitrogens with one attached hydrogen (secondary N) is 1. The molecule has 0 fully saturated rings. The molecule has 140 valence electrons. The third kappa shape index (κ3) is 3.22. The molecule has 0 unspecified atom stereocenters. The van der Waals surface area contributed by atoms with Crippen LogP contribution in [0.3, 0.4) is 0 Å². The van der Waals surface area contributed by atoms with Gasteiger partial charge in [0, 0.05) is 29.9 Å². The molecule has 5 heteroatoms. The number of nitrogens with zero attached hydrogens (tertiary/aromatic N) is 4. The molecule has 5 nitrogen and oxygen atoms in total. The highest BCUT2D eigenvalue weighted by atomic mass is 15.3. The second-order valence-corrected chi connectivity index (χ2v) is 7.36. The van der Waals surface area contributed by atoms with Crippen molar-refractivity contribution in [2.24, 2.45) is 4.99 Å². The number of fused-ring (bicyclic) bond motifs is 3. The van der Waals surface area contributed by atoms with Crippen molar-refractivity contribution in [2.75, 3.05) is 23.3 Å². The van der Waals surface area contributed by atoms with E-state index in [0.29, 0.717) is 12.0 Å². The number of aliphatic imine (C=N–C) groups is 1. The average Bonchev–Trinajstić information content (AvgIpc) is 3.17. The number of benzene rings is 1. The van der Waals surface area contributed by atoms with E-state index in [2.05, 4.69) is 67.2 Å². The summed E-state index contributed by atoms with van der Waals surface area (Å²) in [7, 11) is 0. The lowest BCUT2D eigenvalue weighted by atomic mass is 9.94. The van der Waals surface area contributed by atoms with Gasteiger partial charge in [0.1, 0.15) is 11.7 Å². The molecule has 2 aliphatic rings. The van der Waals surface area contributed by atoms with Crippen LogP contribution >= 0.6 is 0 Å². The van der Waals surface area contributed by atoms with Gasteiger partial charge in [0.2, 0.25) is 5.95 Å². The van der Waals surface area contributed by atoms with Crippen LogP contribution in [-0.2, 0) is 0 Å². The van der Waals surface area contributed by atoms with Crippen molar-refractivity contribution in [1.29, 1.82) is 0 Å². The summed E-state index contributed by atoms with van der Waals surface area (Å²) in [5.74, 6) is 2.70. The molecule has 0 saturated heterocycles. The molecule has 2 aromatic rings. The van der Waals surface area contributed by atoms with Gasteiger partial charge in [0.25, 0.3) is 0 Å². The Kier molecular flexibility index (Phi) is 4.68. The lowest BCUT2D eigenvalue weighted by Gasteiger charge is -2.28. The molecule has 2 aliphatic heterocycles. The van der Waals surface area contributed by atoms with Gasteiger partial charge in [0.05, 0.1) is 6.54 Å². The van der Waals surface area contributed by atoms with Gasteiger partial charge in [-0.2, -0.15) is 4.98 Å². The summed E-state index contributed by atoms with van der Waals surface area (Å²) >= 11 is 0. The molecule has 0 amide bonds. The summed E-state index contributed by atoms with van der Waals surface area (Å²) in [6.45, 7) is 10.3. The van der Waals surface area contributed by atoms with Crippen LogP contribution in [0.2, 0.25) is 0 Å². The molecule has 0 saturated carbocycles. The van der Waals surface area contributed by atoms with Crippen molar-refractivity contribution < 1.29 is 0 Å². The Morgan fingerprint density at radius 1 is 1.19 bits per heavy atom. The second-order valence-electron chi connectivity index (χ2n) is 7.36. The minimum absolute atomic E-state index is 0.402. The molecule has 0 atom stereocenters. The van der Waals surface area contributed by atoms with Gasteiger partial charge in [0.15, 0.2) is 0 Å². The van der Waals surface area contributed by atoms with Crippen molar-refractivity contribution in [3.8, 4) is 0 Å². The topological polar surface area (TPSA) is 53.4 Å². The minimum Gasteiger partial charge on any atom is -0.351 e. The van der Waals surface area contributed by atoms with Crippen molar-refractivity contribution in [1.82, 2.24) is 9.97 Å². The van der Waals surface area contributed by atoms with Gasteiger partial charge in [-0.05, 0) is 43.9 Å². The van der Waals surface area contributed by atoms with Crippen molar-refractivity contribution in [3.05, 3.63) is 46.6 Å². The smallest absolute Gasteiger partial charge is 0.224 e. The molecule has 0 bridgehead atoms. The fraction of sp³-hybridized carbons (Fsp3) is 0.409. The number of hydrogen-bond donors (Lipinski definition) is 1. The highest BCUT2D eigenvalue weighted by Gasteiger charge is 2.31. The molecule has 3 heterocycles. The molecule has 0 aliphatic carbocycles. The van der Waals surface area contributed by atoms with E-state index in [1.165, 1.54) is 22.3 Å². The van der Waals surface area contributed by atoms with E-state index < -0.39 is 0 Å². The summed E-state index contributed by atoms with van der Waals surface area (Å²) in [5.41, 5.74) is 5.99. The van der Waals surface area contributed by atoms with Crippen molar-refractivity contribution in [2.45, 2.75) is 46.6 Å². The minimum atomic E-state index is 0.402. The summed E-state index contributed by atoms with van der Waals surface area (Å²) in [4.78, 5) is 16.5. The molecule has 1 N–H and O–H groups in total. The van der Waals surface area contributed by atoms with Crippen LogP contribution in [0, 0.1) is 13.8 Å². The zero-order valence-electron chi connectivity index (χ0n) is 16.6. The predicted molar refractivity (Wildman–Crippen MR) is 113 cm³/mol. The van der Waals surface area contributed by atoms with Gasteiger partial charge in [-0.15, -0.1) is 0 Å². The number of aromatic nitrogens is 2. The Bertz CT molecular complexity index is 924. The van der Waals surface area contributed by atoms with Crippen LogP contribution in [0.5, 0.6) is 0 Å². The van der Waals surface area contributed by atoms with Crippen LogP contribution in [0.4, 0.5) is 11.8 Å². The molecule has 27 heavy (non-hydrogen) atoms. The van der Waals surface area contributed by atoms with E-state index in [4.69, 9.17) is 9.98 Å². The first kappa shape index (κ1) is 17.7. The van der Waals surface area contributed by atoms with Crippen LogP contribution in [-0.4, -0.2) is 34.9 Å². The first-order valence-electron chi connectivity index (χ1n) is 9.86. The monoisotopic (exact) mass is 361 g/mol. The summed E-state index contributed by atoms with van der Waals surface area (Å²) in [6.07, 6.45) is 6.25. The maximum atomic E-state index is 4.84. The number of aryl methyl sites for hydroxylation is 2. The Morgan fingerprint density at radius 2 is 2.00 bits per heavy atom. The second kappa shape index (κ2) is 7.14. The van der Waals surface area contributed by atoms with E-state index in [0.717, 1.165) is 43.1 Å². The third-order valence-corrected chi connectivity index (χ3v) is 5.44. The number of amidine groups is 1. The van der Waals surface area contributed by atoms with Crippen molar-refractivity contribution in [3.63, 3.8) is 0 Å². The van der Waals surface area contributed by atoms with E-state index in [9.17, 15) is 0 Å². The van der Waals surface area contributed by atoms with Gasteiger partial charge in [-0.1, -0.05) is 37.6 Å². The lowest BCUT2D eigenvalue weighted by Crippen LogP contribution is -2.33. The van der Waals surface area contributed by atoms with E-state index in [1.54, 1.807) is 0 Å². The fourth-order valence-corrected chi connectivity index (χ4v) is 3.77. The van der Waals surface area contributed by atoms with Crippen LogP contribution in [0.1, 0.15) is 48.9 Å². The van der Waals surface area contributed by atoms with Gasteiger partial charge >= 0.3 is 0 Å². The highest BCUT2D eigenvalue weighted by molar-refractivity contribution is 6.35. The zero-order valence-corrected chi connectivity index (χ0v) is 16.6. The third-order valence-electron chi connectivity index (χ3n) is 5.44. The zero-order chi connectivity index (χ0) is 19.0. The number of anilines is 2. The SMILES string of the molecule is CCC(CC)Nc1ncc2c(n1)N1CCN=C1C(c1cc(C)ccc1C)=C2. The Labute approximate surface area is 161 Å². The van der Waals surface area contributed by atoms with Crippen LogP contribution in [0.25, 0.3) is 11.6 Å². The van der Waals surface area contributed by atoms with Gasteiger partial charge in [-0.25, -0.2) is 4.98 Å². The van der Waals surface area contributed by atoms with Gasteiger partial charge < -0.3 is 10.2 Å². The van der Waals surface area contributed by atoms with E-state index in [-0.39, 0.29) is 0 Å². The summed E-state index contributed by atoms with van der Waals surface area (Å²) < 4.78 is 0. The molecule has 1 aromatic carbocycles. The standard InChI is InChI=1S/C22H27N5/c1-5-17(6-2)25-22-24-13-16-12-19(18-11-14(3)7-8-15(18)4)21-23-9-10-27(21)20(16)26-22/h7-8,11-13,17H,5-6,9-10H2,1-4H3,(H,24,25,26). The Balaban J connectivity index is 1.78. The Morgan fingerprint density at radius 3 is 2.78 bits per heavy atom. The molecular formula is C22H27N5. The molecule has 0 spiro atoms. The molecular weight excluding hydrogens is 334 g/mol. The van der Waals surface area contributed by atoms with Gasteiger partial charge in [-0.3, -0.25) is 4.99 Å². The largest absolute Gasteiger partial charge is 0.351 e. The normalized spacial score (nSPS) is 15.4. The number of rotatable bonds is 5. The van der Waals surface area contributed by atoms with E-state index >= 15 is 0 Å². The lowest BCUT2D eigenvalue weighted by molar-refractivity contribution is 0.664. The fourth-order valence-electron chi connectivity index (χ4n) is 3.77. The number of hydrogen-bond acceptors (Lipinski definition) is 5. The first-order valence-corrected chi connectivity index (χ1v) is 9.86.